The van der Waals surface area contributed by atoms with E-state index in [-0.39, 0.29) is 23.8 Å². The lowest BCUT2D eigenvalue weighted by molar-refractivity contribution is -0.133. The third-order valence-electron chi connectivity index (χ3n) is 5.53. The predicted octanol–water partition coefficient (Wildman–Crippen LogP) is 2.33. The molecule has 1 fully saturated rings. The van der Waals surface area contributed by atoms with Crippen LogP contribution in [-0.2, 0) is 11.3 Å². The van der Waals surface area contributed by atoms with E-state index in [4.69, 9.17) is 0 Å². The summed E-state index contributed by atoms with van der Waals surface area (Å²) in [7, 11) is 2.06. The number of hydrazone groups is 1. The molecule has 0 saturated carbocycles. The van der Waals surface area contributed by atoms with Gasteiger partial charge in [-0.25, -0.2) is 5.01 Å². The van der Waals surface area contributed by atoms with Gasteiger partial charge in [0.15, 0.2) is 0 Å². The van der Waals surface area contributed by atoms with Crippen LogP contribution in [0.1, 0.15) is 31.3 Å². The molecule has 0 atom stereocenters. The number of nitrogens with zero attached hydrogens (tertiary/aromatic N) is 5. The lowest BCUT2D eigenvalue weighted by atomic mass is 9.90. The number of carbonyl (C=O) groups is 2. The zero-order valence-corrected chi connectivity index (χ0v) is 17.8. The van der Waals surface area contributed by atoms with Gasteiger partial charge >= 0.3 is 0 Å². The first kappa shape index (κ1) is 19.1. The second kappa shape index (κ2) is 7.00. The highest BCUT2D eigenvalue weighted by atomic mass is 32.1. The molecule has 0 aromatic carbocycles. The van der Waals surface area contributed by atoms with Crippen molar-refractivity contribution in [3.63, 3.8) is 0 Å². The SMILES string of the molecule is CN1CCN(C(=O)CN2N=C(C(C)(C)C)Cn3c(cc4sccc43)C2=O)CC1. The van der Waals surface area contributed by atoms with Crippen LogP contribution in [0.25, 0.3) is 10.2 Å². The summed E-state index contributed by atoms with van der Waals surface area (Å²) >= 11 is 1.63. The van der Waals surface area contributed by atoms with Crippen molar-refractivity contribution in [2.75, 3.05) is 39.8 Å². The third kappa shape index (κ3) is 3.46. The van der Waals surface area contributed by atoms with E-state index in [9.17, 15) is 9.59 Å². The third-order valence-corrected chi connectivity index (χ3v) is 6.39. The van der Waals surface area contributed by atoms with Crippen LogP contribution in [0.4, 0.5) is 0 Å². The van der Waals surface area contributed by atoms with Crippen molar-refractivity contribution in [1.29, 1.82) is 0 Å². The van der Waals surface area contributed by atoms with Crippen LogP contribution in [0.2, 0.25) is 0 Å². The molecule has 4 rings (SSSR count). The Balaban J connectivity index is 1.66. The number of aromatic nitrogens is 1. The second-order valence-corrected chi connectivity index (χ2v) is 9.58. The number of rotatable bonds is 2. The molecule has 0 aliphatic carbocycles. The zero-order valence-electron chi connectivity index (χ0n) is 16.9. The summed E-state index contributed by atoms with van der Waals surface area (Å²) < 4.78 is 3.13. The molecule has 0 bridgehead atoms. The molecule has 2 aliphatic heterocycles. The van der Waals surface area contributed by atoms with E-state index in [1.807, 2.05) is 27.0 Å². The zero-order chi connectivity index (χ0) is 20.1. The topological polar surface area (TPSA) is 61.1 Å². The van der Waals surface area contributed by atoms with Gasteiger partial charge in [0.25, 0.3) is 5.91 Å². The van der Waals surface area contributed by atoms with Gasteiger partial charge in [-0.3, -0.25) is 9.59 Å². The second-order valence-electron chi connectivity index (χ2n) is 8.63. The summed E-state index contributed by atoms with van der Waals surface area (Å²) in [5, 5.41) is 8.10. The number of piperazine rings is 1. The molecule has 28 heavy (non-hydrogen) atoms. The molecule has 8 heteroatoms. The maximum Gasteiger partial charge on any atom is 0.291 e. The Hall–Kier alpha value is -2.19. The Morgan fingerprint density at radius 2 is 1.93 bits per heavy atom. The van der Waals surface area contributed by atoms with Crippen molar-refractivity contribution in [3.05, 3.63) is 23.2 Å². The Bertz CT molecular complexity index is 944. The average molecular weight is 402 g/mol. The van der Waals surface area contributed by atoms with Crippen LogP contribution < -0.4 is 0 Å². The van der Waals surface area contributed by atoms with Gasteiger partial charge in [0, 0.05) is 31.6 Å². The number of likely N-dealkylation sites (N-methyl/N-ethyl adjacent to an activating group) is 1. The number of hydrogen-bond acceptors (Lipinski definition) is 5. The highest BCUT2D eigenvalue weighted by Gasteiger charge is 2.32. The summed E-state index contributed by atoms with van der Waals surface area (Å²) in [6, 6.07) is 3.97. The minimum absolute atomic E-state index is 0.0129. The van der Waals surface area contributed by atoms with Crippen LogP contribution in [-0.4, -0.2) is 76.7 Å². The monoisotopic (exact) mass is 401 g/mol. The Morgan fingerprint density at radius 3 is 2.61 bits per heavy atom. The first-order valence-corrected chi connectivity index (χ1v) is 10.5. The smallest absolute Gasteiger partial charge is 0.291 e. The number of hydrogen-bond donors (Lipinski definition) is 0. The van der Waals surface area contributed by atoms with E-state index in [1.165, 1.54) is 5.01 Å². The van der Waals surface area contributed by atoms with Crippen LogP contribution >= 0.6 is 11.3 Å². The maximum atomic E-state index is 13.3. The molecule has 150 valence electrons. The summed E-state index contributed by atoms with van der Waals surface area (Å²) in [4.78, 5) is 30.2. The lowest BCUT2D eigenvalue weighted by Gasteiger charge is -2.33. The predicted molar refractivity (Wildman–Crippen MR) is 112 cm³/mol. The summed E-state index contributed by atoms with van der Waals surface area (Å²) in [5.74, 6) is -0.245. The van der Waals surface area contributed by atoms with Gasteiger partial charge in [0.05, 0.1) is 22.5 Å². The Morgan fingerprint density at radius 1 is 1.21 bits per heavy atom. The average Bonchev–Trinajstić information content (AvgIpc) is 3.18. The van der Waals surface area contributed by atoms with Crippen molar-refractivity contribution in [1.82, 2.24) is 19.4 Å². The molecule has 1 saturated heterocycles. The van der Waals surface area contributed by atoms with Crippen molar-refractivity contribution in [2.24, 2.45) is 10.5 Å². The van der Waals surface area contributed by atoms with Crippen LogP contribution in [0.3, 0.4) is 0 Å². The summed E-state index contributed by atoms with van der Waals surface area (Å²) in [5.41, 5.74) is 2.35. The van der Waals surface area contributed by atoms with E-state index in [0.29, 0.717) is 25.3 Å². The molecule has 7 nitrogen and oxygen atoms in total. The van der Waals surface area contributed by atoms with E-state index < -0.39 is 0 Å². The maximum absolute atomic E-state index is 13.3. The molecular formula is C20H27N5O2S. The standard InChI is InChI=1S/C20H27N5O2S/c1-20(2,3)17-12-24-14-5-10-28-16(14)11-15(24)19(27)25(21-17)13-18(26)23-8-6-22(4)7-9-23/h5,10-11H,6-9,12-13H2,1-4H3. The molecule has 0 spiro atoms. The summed E-state index contributed by atoms with van der Waals surface area (Å²) in [6.45, 7) is 9.93. The molecule has 2 amide bonds. The fourth-order valence-corrected chi connectivity index (χ4v) is 4.43. The van der Waals surface area contributed by atoms with Crippen molar-refractivity contribution in [3.8, 4) is 0 Å². The number of thiophene rings is 1. The molecule has 2 aromatic rings. The quantitative estimate of drug-likeness (QED) is 0.776. The molecule has 2 aromatic heterocycles. The van der Waals surface area contributed by atoms with Gasteiger partial charge in [0.1, 0.15) is 12.2 Å². The van der Waals surface area contributed by atoms with Gasteiger partial charge in [-0.1, -0.05) is 20.8 Å². The minimum Gasteiger partial charge on any atom is -0.339 e. The van der Waals surface area contributed by atoms with Gasteiger partial charge in [-0.15, -0.1) is 11.3 Å². The van der Waals surface area contributed by atoms with Crippen LogP contribution in [0.15, 0.2) is 22.6 Å². The van der Waals surface area contributed by atoms with Gasteiger partial charge in [0.2, 0.25) is 5.91 Å². The minimum atomic E-state index is -0.205. The normalized spacial score (nSPS) is 19.0. The highest BCUT2D eigenvalue weighted by Crippen LogP contribution is 2.30. The highest BCUT2D eigenvalue weighted by molar-refractivity contribution is 7.17. The summed E-state index contributed by atoms with van der Waals surface area (Å²) in [6.07, 6.45) is 0. The first-order chi connectivity index (χ1) is 13.2. The van der Waals surface area contributed by atoms with Crippen LogP contribution in [0.5, 0.6) is 0 Å². The molecule has 2 aliphatic rings. The van der Waals surface area contributed by atoms with E-state index in [0.717, 1.165) is 29.0 Å². The largest absolute Gasteiger partial charge is 0.339 e. The van der Waals surface area contributed by atoms with Crippen LogP contribution in [0, 0.1) is 5.41 Å². The van der Waals surface area contributed by atoms with E-state index >= 15 is 0 Å². The van der Waals surface area contributed by atoms with Crippen molar-refractivity contribution >= 4 is 39.1 Å². The van der Waals surface area contributed by atoms with E-state index in [2.05, 4.69) is 37.8 Å². The number of carbonyl (C=O) groups excluding carboxylic acids is 2. The molecule has 4 heterocycles. The van der Waals surface area contributed by atoms with Gasteiger partial charge < -0.3 is 14.4 Å². The van der Waals surface area contributed by atoms with Crippen molar-refractivity contribution < 1.29 is 9.59 Å². The molecular weight excluding hydrogens is 374 g/mol. The fourth-order valence-electron chi connectivity index (χ4n) is 3.61. The molecule has 0 unspecified atom stereocenters. The Labute approximate surface area is 169 Å². The number of fused-ring (bicyclic) bond motifs is 3. The fraction of sp³-hybridized carbons (Fsp3) is 0.550. The molecule has 0 radical (unpaired) electrons. The van der Waals surface area contributed by atoms with Gasteiger partial charge in [-0.2, -0.15) is 5.10 Å². The van der Waals surface area contributed by atoms with Gasteiger partial charge in [-0.05, 0) is 24.6 Å². The Kier molecular flexibility index (Phi) is 4.79. The van der Waals surface area contributed by atoms with E-state index in [1.54, 1.807) is 11.3 Å². The lowest BCUT2D eigenvalue weighted by Crippen LogP contribution is -2.50. The number of amides is 2. The first-order valence-electron chi connectivity index (χ1n) is 9.67. The molecule has 0 N–H and O–H groups in total. The van der Waals surface area contributed by atoms with Crippen molar-refractivity contribution in [2.45, 2.75) is 27.3 Å².